The second-order valence-corrected chi connectivity index (χ2v) is 3.45. The van der Waals surface area contributed by atoms with E-state index >= 15 is 0 Å². The molecule has 0 atom stereocenters. The van der Waals surface area contributed by atoms with E-state index in [-0.39, 0.29) is 10.4 Å². The lowest BCUT2D eigenvalue weighted by Crippen LogP contribution is -2.29. The van der Waals surface area contributed by atoms with Gasteiger partial charge in [-0.2, -0.15) is 4.73 Å². The molecule has 0 fully saturated rings. The molecule has 9 nitrogen and oxygen atoms in total. The number of pyridine rings is 2. The minimum Gasteiger partial charge on any atom is -0.618 e. The molecule has 0 N–H and O–H groups in total. The first-order valence-corrected chi connectivity index (χ1v) is 4.98. The van der Waals surface area contributed by atoms with E-state index in [0.29, 0.717) is 0 Å². The van der Waals surface area contributed by atoms with Crippen molar-refractivity contribution in [3.05, 3.63) is 62.1 Å². The Labute approximate surface area is 105 Å². The van der Waals surface area contributed by atoms with Crippen LogP contribution in [0.25, 0.3) is 11.4 Å². The summed E-state index contributed by atoms with van der Waals surface area (Å²) in [7, 11) is 0. The predicted molar refractivity (Wildman–Crippen MR) is 61.9 cm³/mol. The van der Waals surface area contributed by atoms with Crippen molar-refractivity contribution in [3.63, 3.8) is 0 Å². The summed E-state index contributed by atoms with van der Waals surface area (Å²) in [5.74, 6) is 0. The molecule has 96 valence electrons. The molecule has 9 heteroatoms. The monoisotopic (exact) mass is 262 g/mol. The largest absolute Gasteiger partial charge is 0.618 e. The molecule has 0 radical (unpaired) electrons. The zero-order valence-electron chi connectivity index (χ0n) is 9.29. The fraction of sp³-hybridized carbons (Fsp3) is 0. The summed E-state index contributed by atoms with van der Waals surface area (Å²) in [5.41, 5.74) is -1.81. The number of hydrogen-bond donors (Lipinski definition) is 0. The van der Waals surface area contributed by atoms with Gasteiger partial charge in [0.15, 0.2) is 6.20 Å². The fourth-order valence-electron chi connectivity index (χ4n) is 1.58. The molecule has 0 aliphatic heterocycles. The lowest BCUT2D eigenvalue weighted by atomic mass is 10.2. The van der Waals surface area contributed by atoms with E-state index in [1.807, 2.05) is 0 Å². The highest BCUT2D eigenvalue weighted by atomic mass is 16.6. The van der Waals surface area contributed by atoms with Gasteiger partial charge in [0.2, 0.25) is 5.69 Å². The van der Waals surface area contributed by atoms with Crippen LogP contribution in [0.3, 0.4) is 0 Å². The van der Waals surface area contributed by atoms with Crippen LogP contribution in [0.4, 0.5) is 11.4 Å². The maximum atomic E-state index is 11.7. The van der Waals surface area contributed by atoms with Crippen LogP contribution in [0.5, 0.6) is 0 Å². The topological polar surface area (TPSA) is 126 Å². The second kappa shape index (κ2) is 4.64. The average Bonchev–Trinajstić information content (AvgIpc) is 2.38. The maximum absolute atomic E-state index is 11.7. The smallest absolute Gasteiger partial charge is 0.344 e. The molecule has 19 heavy (non-hydrogen) atoms. The molecule has 2 aromatic rings. The van der Waals surface area contributed by atoms with Gasteiger partial charge in [-0.15, -0.1) is 0 Å². The predicted octanol–water partition coefficient (Wildman–Crippen LogP) is 1.20. The number of aromatic nitrogens is 2. The Morgan fingerprint density at radius 3 is 2.32 bits per heavy atom. The highest BCUT2D eigenvalue weighted by Gasteiger charge is 2.31. The van der Waals surface area contributed by atoms with Gasteiger partial charge in [-0.25, -0.2) is 4.98 Å². The summed E-state index contributed by atoms with van der Waals surface area (Å²) in [6, 6.07) is 4.70. The zero-order valence-corrected chi connectivity index (χ0v) is 9.29. The lowest BCUT2D eigenvalue weighted by Gasteiger charge is -2.04. The first-order chi connectivity index (χ1) is 9.02. The summed E-state index contributed by atoms with van der Waals surface area (Å²) >= 11 is 0. The Morgan fingerprint density at radius 2 is 1.68 bits per heavy atom. The quantitative estimate of drug-likeness (QED) is 0.354. The number of nitrogens with zero attached hydrogens (tertiary/aromatic N) is 4. The Hall–Kier alpha value is -3.10. The third-order valence-electron chi connectivity index (χ3n) is 2.34. The molecule has 0 saturated carbocycles. The van der Waals surface area contributed by atoms with Crippen molar-refractivity contribution in [1.29, 1.82) is 0 Å². The van der Waals surface area contributed by atoms with E-state index < -0.39 is 26.9 Å². The highest BCUT2D eigenvalue weighted by Crippen LogP contribution is 2.30. The van der Waals surface area contributed by atoms with Crippen LogP contribution in [0, 0.1) is 25.4 Å². The minimum atomic E-state index is -0.790. The van der Waals surface area contributed by atoms with Gasteiger partial charge in [0.1, 0.15) is 0 Å². The minimum absolute atomic E-state index is 0.188. The molecule has 2 aromatic heterocycles. The van der Waals surface area contributed by atoms with Gasteiger partial charge in [0.25, 0.3) is 0 Å². The second-order valence-electron chi connectivity index (χ2n) is 3.45. The molecular weight excluding hydrogens is 256 g/mol. The Bertz CT molecular complexity index is 673. The first-order valence-electron chi connectivity index (χ1n) is 4.98. The Balaban J connectivity index is 2.79. The number of nitro groups is 2. The SMILES string of the molecule is O=[N+]([O-])c1cccnc1-c1c([N+](=O)[O-])ccc[n+]1[O-]. The summed E-state index contributed by atoms with van der Waals surface area (Å²) in [6.45, 7) is 0. The van der Waals surface area contributed by atoms with Crippen molar-refractivity contribution in [2.75, 3.05) is 0 Å². The number of rotatable bonds is 3. The maximum Gasteiger partial charge on any atom is 0.344 e. The van der Waals surface area contributed by atoms with E-state index in [2.05, 4.69) is 4.98 Å². The summed E-state index contributed by atoms with van der Waals surface area (Å²) in [6.07, 6.45) is 2.24. The fourth-order valence-corrected chi connectivity index (χ4v) is 1.58. The summed E-state index contributed by atoms with van der Waals surface area (Å²) < 4.78 is 0.188. The highest BCUT2D eigenvalue weighted by molar-refractivity contribution is 5.71. The van der Waals surface area contributed by atoms with Gasteiger partial charge in [-0.1, -0.05) is 0 Å². The van der Waals surface area contributed by atoms with Gasteiger partial charge in [0, 0.05) is 24.4 Å². The van der Waals surface area contributed by atoms with Crippen LogP contribution in [-0.4, -0.2) is 14.8 Å². The van der Waals surface area contributed by atoms with Crippen LogP contribution < -0.4 is 4.73 Å². The molecule has 0 unspecified atom stereocenters. The van der Waals surface area contributed by atoms with Crippen molar-refractivity contribution in [2.45, 2.75) is 0 Å². The molecule has 0 aliphatic rings. The van der Waals surface area contributed by atoms with Gasteiger partial charge in [0.05, 0.1) is 9.85 Å². The molecule has 0 amide bonds. The standard InChI is InChI=1S/C10H6N4O5/c15-12-6-2-4-8(14(18)19)10(12)9-7(13(16)17)3-1-5-11-9/h1-6H. The van der Waals surface area contributed by atoms with Crippen molar-refractivity contribution < 1.29 is 14.6 Å². The first kappa shape index (κ1) is 12.4. The molecule has 2 heterocycles. The molecule has 0 spiro atoms. The van der Waals surface area contributed by atoms with E-state index in [1.165, 1.54) is 18.3 Å². The van der Waals surface area contributed by atoms with E-state index in [0.717, 1.165) is 18.3 Å². The van der Waals surface area contributed by atoms with Crippen molar-refractivity contribution in [2.24, 2.45) is 0 Å². The van der Waals surface area contributed by atoms with Gasteiger partial charge in [-0.05, 0) is 6.07 Å². The summed E-state index contributed by atoms with van der Waals surface area (Å²) in [5, 5.41) is 33.4. The molecular formula is C10H6N4O5. The normalized spacial score (nSPS) is 10.1. The van der Waals surface area contributed by atoms with Crippen molar-refractivity contribution >= 4 is 11.4 Å². The van der Waals surface area contributed by atoms with Crippen molar-refractivity contribution in [3.8, 4) is 11.4 Å². The Morgan fingerprint density at radius 1 is 1.05 bits per heavy atom. The molecule has 0 aromatic carbocycles. The van der Waals surface area contributed by atoms with Crippen LogP contribution >= 0.6 is 0 Å². The van der Waals surface area contributed by atoms with Gasteiger partial charge < -0.3 is 5.21 Å². The van der Waals surface area contributed by atoms with Crippen molar-refractivity contribution in [1.82, 2.24) is 4.98 Å². The van der Waals surface area contributed by atoms with Gasteiger partial charge in [-0.3, -0.25) is 20.2 Å². The van der Waals surface area contributed by atoms with Crippen LogP contribution in [0.2, 0.25) is 0 Å². The third kappa shape index (κ3) is 2.16. The van der Waals surface area contributed by atoms with Crippen LogP contribution in [0.15, 0.2) is 36.7 Å². The van der Waals surface area contributed by atoms with E-state index in [1.54, 1.807) is 0 Å². The zero-order chi connectivity index (χ0) is 14.0. The molecule has 0 saturated heterocycles. The van der Waals surface area contributed by atoms with Crippen LogP contribution in [0.1, 0.15) is 0 Å². The lowest BCUT2D eigenvalue weighted by molar-refractivity contribution is -0.598. The van der Waals surface area contributed by atoms with Crippen LogP contribution in [-0.2, 0) is 0 Å². The summed E-state index contributed by atoms with van der Waals surface area (Å²) in [4.78, 5) is 23.9. The molecule has 2 rings (SSSR count). The molecule has 0 bridgehead atoms. The average molecular weight is 262 g/mol. The Kier molecular flexibility index (Phi) is 3.02. The molecule has 0 aliphatic carbocycles. The van der Waals surface area contributed by atoms with Gasteiger partial charge >= 0.3 is 17.1 Å². The van der Waals surface area contributed by atoms with E-state index in [9.17, 15) is 25.4 Å². The number of hydrogen-bond acceptors (Lipinski definition) is 6. The third-order valence-corrected chi connectivity index (χ3v) is 2.34. The van der Waals surface area contributed by atoms with E-state index in [4.69, 9.17) is 0 Å².